The third-order valence-corrected chi connectivity index (χ3v) is 12.2. The molecule has 4 atom stereocenters. The summed E-state index contributed by atoms with van der Waals surface area (Å²) in [5, 5.41) is 12.6. The Labute approximate surface area is 336 Å². The van der Waals surface area contributed by atoms with E-state index in [9.17, 15) is 18.3 Å². The van der Waals surface area contributed by atoms with Gasteiger partial charge in [0.15, 0.2) is 6.29 Å². The molecule has 4 unspecified atom stereocenters. The molecule has 0 saturated carbocycles. The number of nitrogens with one attached hydrogen (secondary N) is 2. The normalized spacial score (nSPS) is 19.9. The molecule has 11 heteroatoms. The Bertz CT molecular complexity index is 2130. The van der Waals surface area contributed by atoms with Crippen molar-refractivity contribution < 1.29 is 27.8 Å². The van der Waals surface area contributed by atoms with Gasteiger partial charge < -0.3 is 19.9 Å². The SMILES string of the molecule is Cc1ccc(S(=O)(=O)NC(Cc2ccccc2)C(=O)NCc2ccc(C3OC(CN4CCN(Cc5ccccc5)CC4)CC(c4ccc(CO)cc4)O3)cc2)cc1. The van der Waals surface area contributed by atoms with Gasteiger partial charge in [-0.05, 0) is 53.3 Å². The summed E-state index contributed by atoms with van der Waals surface area (Å²) in [6, 6.07) is 41.2. The van der Waals surface area contributed by atoms with Crippen LogP contribution in [0.4, 0.5) is 0 Å². The van der Waals surface area contributed by atoms with Crippen molar-refractivity contribution in [1.82, 2.24) is 19.8 Å². The number of amides is 1. The van der Waals surface area contributed by atoms with Crippen LogP contribution >= 0.6 is 0 Å². The van der Waals surface area contributed by atoms with E-state index in [0.29, 0.717) is 6.42 Å². The van der Waals surface area contributed by atoms with E-state index in [1.807, 2.05) is 85.8 Å². The molecule has 2 fully saturated rings. The number of rotatable bonds is 15. The maximum absolute atomic E-state index is 13.6. The van der Waals surface area contributed by atoms with Gasteiger partial charge in [0.25, 0.3) is 0 Å². The van der Waals surface area contributed by atoms with Gasteiger partial charge in [0, 0.05) is 57.8 Å². The van der Waals surface area contributed by atoms with Crippen molar-refractivity contribution in [3.63, 3.8) is 0 Å². The van der Waals surface area contributed by atoms with Crippen LogP contribution in [0, 0.1) is 6.92 Å². The molecule has 10 nitrogen and oxygen atoms in total. The third-order valence-electron chi connectivity index (χ3n) is 10.7. The molecule has 2 aliphatic rings. The minimum Gasteiger partial charge on any atom is -0.392 e. The molecule has 2 saturated heterocycles. The number of benzene rings is 5. The number of carbonyl (C=O) groups is 1. The standard InChI is InChI=1S/C46H52N4O6S/c1-34-12-22-42(23-13-34)57(53,54)48-43(28-35-8-4-2-5-9-35)45(52)47-30-36-14-20-40(21-15-36)46-55-41(29-44(56-46)39-18-16-38(33-51)17-19-39)32-50-26-24-49(25-27-50)31-37-10-6-3-7-11-37/h2-23,41,43-44,46,48,51H,24-33H2,1H3,(H,47,52). The summed E-state index contributed by atoms with van der Waals surface area (Å²) < 4.78 is 42.6. The third kappa shape index (κ3) is 11.2. The molecule has 0 aromatic heterocycles. The zero-order valence-corrected chi connectivity index (χ0v) is 33.2. The van der Waals surface area contributed by atoms with Gasteiger partial charge in [-0.25, -0.2) is 8.42 Å². The molecule has 7 rings (SSSR count). The molecule has 2 heterocycles. The molecule has 0 spiro atoms. The Morgan fingerprint density at radius 3 is 1.96 bits per heavy atom. The van der Waals surface area contributed by atoms with Crippen molar-refractivity contribution in [2.45, 2.75) is 68.9 Å². The number of piperazine rings is 1. The van der Waals surface area contributed by atoms with Crippen molar-refractivity contribution in [1.29, 1.82) is 0 Å². The molecule has 3 N–H and O–H groups in total. The molecule has 298 valence electrons. The lowest BCUT2D eigenvalue weighted by atomic mass is 9.99. The van der Waals surface area contributed by atoms with Crippen LogP contribution in [0.25, 0.3) is 0 Å². The Hall–Kier alpha value is -4.72. The molecule has 5 aromatic rings. The summed E-state index contributed by atoms with van der Waals surface area (Å²) in [7, 11) is -3.95. The predicted octanol–water partition coefficient (Wildman–Crippen LogP) is 6.06. The van der Waals surface area contributed by atoms with Crippen LogP contribution in [0.15, 0.2) is 138 Å². The number of ether oxygens (including phenoxy) is 2. The Balaban J connectivity index is 0.999. The van der Waals surface area contributed by atoms with E-state index in [0.717, 1.165) is 72.6 Å². The predicted molar refractivity (Wildman–Crippen MR) is 220 cm³/mol. The molecule has 5 aromatic carbocycles. The van der Waals surface area contributed by atoms with Crippen LogP contribution in [0.3, 0.4) is 0 Å². The van der Waals surface area contributed by atoms with E-state index < -0.39 is 28.3 Å². The first-order valence-corrected chi connectivity index (χ1v) is 21.2. The Morgan fingerprint density at radius 2 is 1.32 bits per heavy atom. The van der Waals surface area contributed by atoms with Crippen molar-refractivity contribution in [2.75, 3.05) is 32.7 Å². The monoisotopic (exact) mass is 788 g/mol. The molecule has 0 aliphatic carbocycles. The maximum atomic E-state index is 13.6. The average molecular weight is 789 g/mol. The smallest absolute Gasteiger partial charge is 0.241 e. The highest BCUT2D eigenvalue weighted by atomic mass is 32.2. The summed E-state index contributed by atoms with van der Waals surface area (Å²) in [6.07, 6.45) is 0.0599. The fraction of sp³-hybridized carbons (Fsp3) is 0.326. The van der Waals surface area contributed by atoms with Crippen LogP contribution in [0.5, 0.6) is 0 Å². The van der Waals surface area contributed by atoms with E-state index in [1.165, 1.54) is 5.56 Å². The van der Waals surface area contributed by atoms with Gasteiger partial charge in [-0.15, -0.1) is 0 Å². The summed E-state index contributed by atoms with van der Waals surface area (Å²) in [5.74, 6) is -0.420. The van der Waals surface area contributed by atoms with Crippen LogP contribution < -0.4 is 10.0 Å². The minimum atomic E-state index is -3.95. The molecule has 1 amide bonds. The molecule has 0 bridgehead atoms. The fourth-order valence-electron chi connectivity index (χ4n) is 7.41. The molecular formula is C46H52N4O6S. The maximum Gasteiger partial charge on any atom is 0.241 e. The lowest BCUT2D eigenvalue weighted by Gasteiger charge is -2.40. The van der Waals surface area contributed by atoms with E-state index in [-0.39, 0.29) is 36.7 Å². The van der Waals surface area contributed by atoms with Gasteiger partial charge in [-0.1, -0.05) is 127 Å². The van der Waals surface area contributed by atoms with Crippen molar-refractivity contribution in [3.05, 3.63) is 172 Å². The van der Waals surface area contributed by atoms with Crippen LogP contribution in [0.1, 0.15) is 57.8 Å². The second kappa shape index (κ2) is 19.1. The average Bonchev–Trinajstić information content (AvgIpc) is 3.24. The van der Waals surface area contributed by atoms with Gasteiger partial charge >= 0.3 is 0 Å². The second-order valence-electron chi connectivity index (χ2n) is 15.0. The largest absolute Gasteiger partial charge is 0.392 e. The number of sulfonamides is 1. The highest BCUT2D eigenvalue weighted by Gasteiger charge is 2.34. The van der Waals surface area contributed by atoms with Gasteiger partial charge in [-0.3, -0.25) is 14.6 Å². The molecule has 2 aliphatic heterocycles. The topological polar surface area (TPSA) is 120 Å². The highest BCUT2D eigenvalue weighted by molar-refractivity contribution is 7.89. The summed E-state index contributed by atoms with van der Waals surface area (Å²) in [5.41, 5.74) is 6.73. The van der Waals surface area contributed by atoms with Gasteiger partial charge in [0.1, 0.15) is 6.04 Å². The summed E-state index contributed by atoms with van der Waals surface area (Å²) in [4.78, 5) is 18.7. The number of carbonyl (C=O) groups excluding carboxylic acids is 1. The number of aryl methyl sites for hydroxylation is 1. The lowest BCUT2D eigenvalue weighted by Crippen LogP contribution is -2.49. The van der Waals surface area contributed by atoms with Gasteiger partial charge in [-0.2, -0.15) is 4.72 Å². The molecular weight excluding hydrogens is 737 g/mol. The zero-order valence-electron chi connectivity index (χ0n) is 32.4. The lowest BCUT2D eigenvalue weighted by molar-refractivity contribution is -0.253. The summed E-state index contributed by atoms with van der Waals surface area (Å²) in [6.45, 7) is 7.77. The van der Waals surface area contributed by atoms with E-state index >= 15 is 0 Å². The van der Waals surface area contributed by atoms with Gasteiger partial charge in [0.2, 0.25) is 15.9 Å². The van der Waals surface area contributed by atoms with Crippen molar-refractivity contribution in [3.8, 4) is 0 Å². The number of aliphatic hydroxyl groups is 1. The fourth-order valence-corrected chi connectivity index (χ4v) is 8.60. The first kappa shape index (κ1) is 40.5. The van der Waals surface area contributed by atoms with Crippen molar-refractivity contribution in [2.24, 2.45) is 0 Å². The first-order chi connectivity index (χ1) is 27.7. The van der Waals surface area contributed by atoms with Gasteiger partial charge in [0.05, 0.1) is 23.7 Å². The Kier molecular flexibility index (Phi) is 13.6. The quantitative estimate of drug-likeness (QED) is 0.117. The number of aliphatic hydroxyl groups excluding tert-OH is 1. The molecule has 0 radical (unpaired) electrons. The molecule has 57 heavy (non-hydrogen) atoms. The highest BCUT2D eigenvalue weighted by Crippen LogP contribution is 2.38. The van der Waals surface area contributed by atoms with E-state index in [4.69, 9.17) is 9.47 Å². The first-order valence-electron chi connectivity index (χ1n) is 19.7. The van der Waals surface area contributed by atoms with E-state index in [2.05, 4.69) is 50.2 Å². The van der Waals surface area contributed by atoms with E-state index in [1.54, 1.807) is 24.3 Å². The number of hydrogen-bond donors (Lipinski definition) is 3. The minimum absolute atomic E-state index is 0.0139. The number of nitrogens with zero attached hydrogens (tertiary/aromatic N) is 2. The summed E-state index contributed by atoms with van der Waals surface area (Å²) >= 11 is 0. The van der Waals surface area contributed by atoms with Crippen molar-refractivity contribution >= 4 is 15.9 Å². The number of hydrogen-bond acceptors (Lipinski definition) is 8. The zero-order chi connectivity index (χ0) is 39.6. The van der Waals surface area contributed by atoms with Crippen LogP contribution in [-0.4, -0.2) is 74.1 Å². The Morgan fingerprint density at radius 1 is 0.719 bits per heavy atom. The van der Waals surface area contributed by atoms with Crippen LogP contribution in [-0.2, 0) is 50.4 Å². The second-order valence-corrected chi connectivity index (χ2v) is 16.8. The van der Waals surface area contributed by atoms with Crippen LogP contribution in [0.2, 0.25) is 0 Å².